The molecule has 0 aliphatic carbocycles. The van der Waals surface area contributed by atoms with E-state index < -0.39 is 11.9 Å². The Morgan fingerprint density at radius 3 is 2.93 bits per heavy atom. The van der Waals surface area contributed by atoms with Gasteiger partial charge in [0, 0.05) is 0 Å². The molecular formula is C7H9N3O4. The van der Waals surface area contributed by atoms with Crippen LogP contribution in [-0.2, 0) is 16.1 Å². The van der Waals surface area contributed by atoms with Crippen molar-refractivity contribution in [3.05, 3.63) is 11.9 Å². The van der Waals surface area contributed by atoms with E-state index in [0.717, 1.165) is 0 Å². The van der Waals surface area contributed by atoms with E-state index in [4.69, 9.17) is 5.11 Å². The number of nitrogens with zero attached hydrogens (tertiary/aromatic N) is 3. The molecule has 14 heavy (non-hydrogen) atoms. The van der Waals surface area contributed by atoms with E-state index in [2.05, 4.69) is 15.0 Å². The van der Waals surface area contributed by atoms with Crippen LogP contribution in [0.25, 0.3) is 0 Å². The lowest BCUT2D eigenvalue weighted by Crippen LogP contribution is -2.14. The number of aliphatic carboxylic acids is 1. The minimum Gasteiger partial charge on any atom is -0.481 e. The molecule has 0 aromatic carbocycles. The van der Waals surface area contributed by atoms with Crippen molar-refractivity contribution in [1.29, 1.82) is 0 Å². The van der Waals surface area contributed by atoms with Gasteiger partial charge < -0.3 is 9.84 Å². The molecule has 1 rings (SSSR count). The van der Waals surface area contributed by atoms with Crippen molar-refractivity contribution in [2.75, 3.05) is 7.11 Å². The molecule has 0 unspecified atom stereocenters. The van der Waals surface area contributed by atoms with Gasteiger partial charge in [0.2, 0.25) is 0 Å². The number of aromatic nitrogens is 3. The third kappa shape index (κ3) is 2.28. The number of carboxylic acids is 1. The number of rotatable bonds is 4. The molecule has 0 radical (unpaired) electrons. The van der Waals surface area contributed by atoms with Crippen LogP contribution < -0.4 is 0 Å². The number of aryl methyl sites for hydroxylation is 1. The van der Waals surface area contributed by atoms with E-state index in [-0.39, 0.29) is 18.7 Å². The maximum Gasteiger partial charge on any atom is 0.358 e. The number of carbonyl (C=O) groups excluding carboxylic acids is 1. The van der Waals surface area contributed by atoms with Crippen LogP contribution in [0.4, 0.5) is 0 Å². The summed E-state index contributed by atoms with van der Waals surface area (Å²) in [6, 6.07) is 0. The standard InChI is InChI=1S/C7H9N3O4/c1-14-7(13)5-4-8-9-10(5)3-2-6(11)12/h4H,2-3H2,1H3,(H,11,12). The molecule has 0 fully saturated rings. The van der Waals surface area contributed by atoms with Gasteiger partial charge in [0.05, 0.1) is 26.3 Å². The van der Waals surface area contributed by atoms with E-state index in [1.165, 1.54) is 18.0 Å². The summed E-state index contributed by atoms with van der Waals surface area (Å²) in [5.74, 6) is -1.54. The Labute approximate surface area is 79.3 Å². The average molecular weight is 199 g/mol. The second kappa shape index (κ2) is 4.35. The quantitative estimate of drug-likeness (QED) is 0.659. The third-order valence-electron chi connectivity index (χ3n) is 1.55. The lowest BCUT2D eigenvalue weighted by molar-refractivity contribution is -0.137. The van der Waals surface area contributed by atoms with E-state index in [9.17, 15) is 9.59 Å². The Morgan fingerprint density at radius 2 is 2.36 bits per heavy atom. The normalized spacial score (nSPS) is 9.79. The van der Waals surface area contributed by atoms with Crippen molar-refractivity contribution >= 4 is 11.9 Å². The zero-order valence-corrected chi connectivity index (χ0v) is 7.51. The number of esters is 1. The van der Waals surface area contributed by atoms with Gasteiger partial charge >= 0.3 is 11.9 Å². The summed E-state index contributed by atoms with van der Waals surface area (Å²) < 4.78 is 5.65. The fraction of sp³-hybridized carbons (Fsp3) is 0.429. The summed E-state index contributed by atoms with van der Waals surface area (Å²) >= 11 is 0. The second-order valence-electron chi connectivity index (χ2n) is 2.48. The summed E-state index contributed by atoms with van der Waals surface area (Å²) in [5, 5.41) is 15.5. The number of carboxylic acid groups (broad SMARTS) is 1. The molecule has 1 heterocycles. The van der Waals surface area contributed by atoms with E-state index >= 15 is 0 Å². The summed E-state index contributed by atoms with van der Waals surface area (Å²) in [4.78, 5) is 21.3. The minimum atomic E-state index is -0.962. The molecule has 7 nitrogen and oxygen atoms in total. The first-order chi connectivity index (χ1) is 6.65. The summed E-state index contributed by atoms with van der Waals surface area (Å²) in [7, 11) is 1.23. The highest BCUT2D eigenvalue weighted by molar-refractivity contribution is 5.86. The van der Waals surface area contributed by atoms with Crippen molar-refractivity contribution in [3.63, 3.8) is 0 Å². The first kappa shape index (κ1) is 10.2. The largest absolute Gasteiger partial charge is 0.481 e. The molecule has 1 N–H and O–H groups in total. The predicted octanol–water partition coefficient (Wildman–Crippen LogP) is -0.461. The minimum absolute atomic E-state index is 0.0970. The van der Waals surface area contributed by atoms with Crippen molar-refractivity contribution in [2.45, 2.75) is 13.0 Å². The fourth-order valence-electron chi connectivity index (χ4n) is 0.887. The molecule has 0 saturated heterocycles. The Balaban J connectivity index is 2.72. The lowest BCUT2D eigenvalue weighted by atomic mass is 10.4. The van der Waals surface area contributed by atoms with Crippen molar-refractivity contribution in [3.8, 4) is 0 Å². The Morgan fingerprint density at radius 1 is 1.64 bits per heavy atom. The topological polar surface area (TPSA) is 94.3 Å². The monoisotopic (exact) mass is 199 g/mol. The van der Waals surface area contributed by atoms with Crippen LogP contribution in [0.1, 0.15) is 16.9 Å². The highest BCUT2D eigenvalue weighted by Crippen LogP contribution is 1.99. The SMILES string of the molecule is COC(=O)c1cnnn1CCC(=O)O. The van der Waals surface area contributed by atoms with Crippen LogP contribution in [-0.4, -0.2) is 39.1 Å². The van der Waals surface area contributed by atoms with E-state index in [1.807, 2.05) is 0 Å². The number of hydrogen-bond acceptors (Lipinski definition) is 5. The average Bonchev–Trinajstić information content (AvgIpc) is 2.61. The maximum atomic E-state index is 11.1. The molecule has 76 valence electrons. The van der Waals surface area contributed by atoms with Crippen LogP contribution in [0.3, 0.4) is 0 Å². The molecule has 7 heteroatoms. The predicted molar refractivity (Wildman–Crippen MR) is 43.6 cm³/mol. The van der Waals surface area contributed by atoms with Gasteiger partial charge in [-0.1, -0.05) is 5.21 Å². The van der Waals surface area contributed by atoms with Gasteiger partial charge in [0.1, 0.15) is 0 Å². The maximum absolute atomic E-state index is 11.1. The second-order valence-corrected chi connectivity index (χ2v) is 2.48. The van der Waals surface area contributed by atoms with Gasteiger partial charge in [0.25, 0.3) is 0 Å². The number of ether oxygens (including phenoxy) is 1. The van der Waals surface area contributed by atoms with Crippen molar-refractivity contribution in [1.82, 2.24) is 15.0 Å². The molecule has 0 spiro atoms. The zero-order valence-electron chi connectivity index (χ0n) is 7.51. The summed E-state index contributed by atoms with van der Waals surface area (Å²) in [5.41, 5.74) is 0.147. The molecule has 0 amide bonds. The molecule has 0 bridgehead atoms. The van der Waals surface area contributed by atoms with Gasteiger partial charge in [0.15, 0.2) is 5.69 Å². The Hall–Kier alpha value is -1.92. The van der Waals surface area contributed by atoms with Gasteiger partial charge in [-0.05, 0) is 0 Å². The summed E-state index contributed by atoms with van der Waals surface area (Å²) in [6.07, 6.45) is 1.11. The Kier molecular flexibility index (Phi) is 3.16. The third-order valence-corrected chi connectivity index (χ3v) is 1.55. The molecule has 0 saturated carbocycles. The van der Waals surface area contributed by atoms with Crippen LogP contribution in [0.5, 0.6) is 0 Å². The zero-order chi connectivity index (χ0) is 10.6. The molecular weight excluding hydrogens is 190 g/mol. The van der Waals surface area contributed by atoms with Gasteiger partial charge in [-0.3, -0.25) is 4.79 Å². The van der Waals surface area contributed by atoms with Crippen molar-refractivity contribution in [2.24, 2.45) is 0 Å². The molecule has 1 aromatic heterocycles. The van der Waals surface area contributed by atoms with Crippen LogP contribution in [0, 0.1) is 0 Å². The summed E-state index contributed by atoms with van der Waals surface area (Å²) in [6.45, 7) is 0.0970. The highest BCUT2D eigenvalue weighted by atomic mass is 16.5. The fourth-order valence-corrected chi connectivity index (χ4v) is 0.887. The van der Waals surface area contributed by atoms with E-state index in [1.54, 1.807) is 0 Å². The first-order valence-electron chi connectivity index (χ1n) is 3.83. The molecule has 0 atom stereocenters. The molecule has 1 aromatic rings. The smallest absolute Gasteiger partial charge is 0.358 e. The van der Waals surface area contributed by atoms with Gasteiger partial charge in [-0.15, -0.1) is 5.10 Å². The number of methoxy groups -OCH3 is 1. The van der Waals surface area contributed by atoms with Crippen LogP contribution in [0.2, 0.25) is 0 Å². The van der Waals surface area contributed by atoms with E-state index in [0.29, 0.717) is 0 Å². The molecule has 0 aliphatic rings. The van der Waals surface area contributed by atoms with Gasteiger partial charge in [-0.25, -0.2) is 9.48 Å². The van der Waals surface area contributed by atoms with Crippen LogP contribution >= 0.6 is 0 Å². The first-order valence-corrected chi connectivity index (χ1v) is 3.83. The van der Waals surface area contributed by atoms with Crippen molar-refractivity contribution < 1.29 is 19.4 Å². The highest BCUT2D eigenvalue weighted by Gasteiger charge is 2.13. The van der Waals surface area contributed by atoms with Gasteiger partial charge in [-0.2, -0.15) is 0 Å². The molecule has 0 aliphatic heterocycles. The van der Waals surface area contributed by atoms with Crippen LogP contribution in [0.15, 0.2) is 6.20 Å². The number of carbonyl (C=O) groups is 2. The lowest BCUT2D eigenvalue weighted by Gasteiger charge is -2.01. The number of hydrogen-bond donors (Lipinski definition) is 1. The Bertz CT molecular complexity index is 346.